The van der Waals surface area contributed by atoms with Crippen LogP contribution in [0.4, 0.5) is 11.4 Å². The number of alkyl halides is 1. The van der Waals surface area contributed by atoms with E-state index in [-0.39, 0.29) is 52.4 Å². The molecule has 1 heterocycles. The number of nitrogens with one attached hydrogen (secondary N) is 2. The maximum absolute atomic E-state index is 13.1. The molecule has 2 aliphatic carbocycles. The molecule has 2 N–H and O–H groups in total. The first-order chi connectivity index (χ1) is 15.9. The van der Waals surface area contributed by atoms with Crippen molar-refractivity contribution < 1.29 is 19.1 Å². The van der Waals surface area contributed by atoms with Gasteiger partial charge in [0.15, 0.2) is 0 Å². The Hall–Kier alpha value is -2.67. The summed E-state index contributed by atoms with van der Waals surface area (Å²) < 4.78 is 5.50. The molecule has 0 aromatic heterocycles. The van der Waals surface area contributed by atoms with Crippen LogP contribution in [0.5, 0.6) is 0 Å². The molecule has 0 unspecified atom stereocenters. The second kappa shape index (κ2) is 8.60. The van der Waals surface area contributed by atoms with Gasteiger partial charge in [0.1, 0.15) is 6.10 Å². The smallest absolute Gasteiger partial charge is 0.310 e. The minimum absolute atomic E-state index is 0.0334. The van der Waals surface area contributed by atoms with Crippen molar-refractivity contribution in [2.75, 3.05) is 10.6 Å². The Kier molecular flexibility index (Phi) is 5.77. The van der Waals surface area contributed by atoms with E-state index >= 15 is 0 Å². The van der Waals surface area contributed by atoms with Crippen molar-refractivity contribution in [3.63, 3.8) is 0 Å². The second-order valence-corrected chi connectivity index (χ2v) is 10.2. The summed E-state index contributed by atoms with van der Waals surface area (Å²) in [7, 11) is 0. The van der Waals surface area contributed by atoms with E-state index in [1.807, 2.05) is 18.2 Å². The first-order valence-corrected chi connectivity index (χ1v) is 12.5. The molecule has 2 saturated carbocycles. The molecule has 6 atom stereocenters. The SMILES string of the molecule is CCc1cccc(CC)c1NC(=O)c1ccc(NC(=O)[C@@H]2[C@H]3C[C@H]4[C@H](OC(=O)[C@@H]42)[C@@H]3Br)cc1. The summed E-state index contributed by atoms with van der Waals surface area (Å²) in [5.74, 6) is -1.08. The zero-order valence-electron chi connectivity index (χ0n) is 18.6. The molecular formula is C26H27BrN2O4. The molecule has 5 rings (SSSR count). The van der Waals surface area contributed by atoms with Gasteiger partial charge < -0.3 is 15.4 Å². The van der Waals surface area contributed by atoms with Crippen molar-refractivity contribution in [1.82, 2.24) is 0 Å². The lowest BCUT2D eigenvalue weighted by Crippen LogP contribution is -2.40. The van der Waals surface area contributed by atoms with Gasteiger partial charge in [-0.05, 0) is 60.6 Å². The molecule has 1 saturated heterocycles. The normalized spacial score (nSPS) is 29.1. The Labute approximate surface area is 201 Å². The number of hydrogen-bond acceptors (Lipinski definition) is 4. The van der Waals surface area contributed by atoms with Gasteiger partial charge in [0.2, 0.25) is 5.91 Å². The number of carbonyl (C=O) groups excluding carboxylic acids is 3. The quantitative estimate of drug-likeness (QED) is 0.440. The van der Waals surface area contributed by atoms with Crippen LogP contribution < -0.4 is 10.6 Å². The van der Waals surface area contributed by atoms with E-state index in [0.29, 0.717) is 11.3 Å². The second-order valence-electron chi connectivity index (χ2n) is 9.14. The number of anilines is 2. The van der Waals surface area contributed by atoms with Gasteiger partial charge in [-0.2, -0.15) is 0 Å². The number of aryl methyl sites for hydroxylation is 2. The molecular weight excluding hydrogens is 484 g/mol. The molecule has 2 bridgehead atoms. The Morgan fingerprint density at radius 1 is 1.00 bits per heavy atom. The van der Waals surface area contributed by atoms with Crippen LogP contribution in [-0.4, -0.2) is 28.7 Å². The van der Waals surface area contributed by atoms with Crippen LogP contribution in [0.25, 0.3) is 0 Å². The minimum Gasteiger partial charge on any atom is -0.461 e. The summed E-state index contributed by atoms with van der Waals surface area (Å²) in [6.07, 6.45) is 2.41. The van der Waals surface area contributed by atoms with Crippen molar-refractivity contribution in [2.45, 2.75) is 44.0 Å². The number of para-hydroxylation sites is 1. The lowest BCUT2D eigenvalue weighted by atomic mass is 9.79. The van der Waals surface area contributed by atoms with Gasteiger partial charge in [-0.1, -0.05) is 48.0 Å². The fraction of sp³-hybridized carbons (Fsp3) is 0.423. The van der Waals surface area contributed by atoms with Gasteiger partial charge in [0, 0.05) is 22.9 Å². The molecule has 2 aromatic rings. The number of amides is 2. The Balaban J connectivity index is 1.28. The number of esters is 1. The monoisotopic (exact) mass is 510 g/mol. The molecule has 7 heteroatoms. The van der Waals surface area contributed by atoms with Gasteiger partial charge in [-0.15, -0.1) is 0 Å². The zero-order chi connectivity index (χ0) is 23.3. The predicted octanol–water partition coefficient (Wildman–Crippen LogP) is 4.57. The van der Waals surface area contributed by atoms with Crippen LogP contribution in [0.2, 0.25) is 0 Å². The van der Waals surface area contributed by atoms with E-state index in [0.717, 1.165) is 36.1 Å². The van der Waals surface area contributed by atoms with E-state index in [1.54, 1.807) is 24.3 Å². The van der Waals surface area contributed by atoms with Crippen molar-refractivity contribution >= 4 is 45.1 Å². The fourth-order valence-corrected chi connectivity index (χ4v) is 6.89. The average Bonchev–Trinajstić information content (AvgIpc) is 3.44. The lowest BCUT2D eigenvalue weighted by Gasteiger charge is -2.27. The average molecular weight is 511 g/mol. The summed E-state index contributed by atoms with van der Waals surface area (Å²) in [5, 5.41) is 6.01. The van der Waals surface area contributed by atoms with Crippen molar-refractivity contribution in [3.05, 3.63) is 59.2 Å². The summed E-state index contributed by atoms with van der Waals surface area (Å²) in [5.41, 5.74) is 4.22. The highest BCUT2D eigenvalue weighted by Gasteiger charge is 2.67. The van der Waals surface area contributed by atoms with Gasteiger partial charge in [0.05, 0.1) is 16.7 Å². The summed E-state index contributed by atoms with van der Waals surface area (Å²) >= 11 is 3.64. The molecule has 3 aliphatic rings. The molecule has 0 spiro atoms. The molecule has 1 aliphatic heterocycles. The first-order valence-electron chi connectivity index (χ1n) is 11.6. The topological polar surface area (TPSA) is 84.5 Å². The third-order valence-corrected chi connectivity index (χ3v) is 8.68. The Morgan fingerprint density at radius 3 is 2.30 bits per heavy atom. The Morgan fingerprint density at radius 2 is 1.67 bits per heavy atom. The van der Waals surface area contributed by atoms with Crippen LogP contribution in [-0.2, 0) is 27.2 Å². The van der Waals surface area contributed by atoms with E-state index < -0.39 is 0 Å². The first kappa shape index (κ1) is 22.1. The summed E-state index contributed by atoms with van der Waals surface area (Å²) in [4.78, 5) is 38.3. The standard InChI is InChI=1S/C26H27BrN2O4/c1-3-13-6-5-7-14(4-2)22(13)29-24(30)15-8-10-16(11-9-15)28-25(31)19-17-12-18-20(19)26(32)33-23(18)21(17)27/h5-11,17-21,23H,3-4,12H2,1-2H3,(H,28,31)(H,29,30)/t17-,18-,19-,20+,21-,23+/m1/s1. The number of ether oxygens (including phenoxy) is 1. The number of carbonyl (C=O) groups is 3. The molecule has 6 nitrogen and oxygen atoms in total. The summed E-state index contributed by atoms with van der Waals surface area (Å²) in [6, 6.07) is 13.0. The van der Waals surface area contributed by atoms with Gasteiger partial charge in [-0.3, -0.25) is 14.4 Å². The molecule has 172 valence electrons. The van der Waals surface area contributed by atoms with Crippen LogP contribution in [0, 0.1) is 23.7 Å². The van der Waals surface area contributed by atoms with Crippen LogP contribution in [0.15, 0.2) is 42.5 Å². The maximum Gasteiger partial charge on any atom is 0.310 e. The minimum atomic E-state index is -0.383. The van der Waals surface area contributed by atoms with Crippen molar-refractivity contribution in [3.8, 4) is 0 Å². The third-order valence-electron chi connectivity index (χ3n) is 7.48. The summed E-state index contributed by atoms with van der Waals surface area (Å²) in [6.45, 7) is 4.14. The highest BCUT2D eigenvalue weighted by atomic mass is 79.9. The van der Waals surface area contributed by atoms with E-state index in [9.17, 15) is 14.4 Å². The van der Waals surface area contributed by atoms with Gasteiger partial charge in [-0.25, -0.2) is 0 Å². The molecule has 2 aromatic carbocycles. The molecule has 2 amide bonds. The number of rotatable bonds is 6. The maximum atomic E-state index is 13.1. The largest absolute Gasteiger partial charge is 0.461 e. The van der Waals surface area contributed by atoms with Gasteiger partial charge in [0.25, 0.3) is 5.91 Å². The van der Waals surface area contributed by atoms with E-state index in [2.05, 4.69) is 40.4 Å². The van der Waals surface area contributed by atoms with Crippen molar-refractivity contribution in [2.24, 2.45) is 23.7 Å². The highest BCUT2D eigenvalue weighted by molar-refractivity contribution is 9.09. The number of fused-ring (bicyclic) bond motifs is 1. The predicted molar refractivity (Wildman–Crippen MR) is 129 cm³/mol. The molecule has 33 heavy (non-hydrogen) atoms. The van der Waals surface area contributed by atoms with E-state index in [4.69, 9.17) is 4.74 Å². The molecule has 0 radical (unpaired) electrons. The number of benzene rings is 2. The fourth-order valence-electron chi connectivity index (χ4n) is 5.85. The number of hydrogen-bond donors (Lipinski definition) is 2. The Bertz CT molecular complexity index is 1090. The van der Waals surface area contributed by atoms with E-state index in [1.165, 1.54) is 0 Å². The van der Waals surface area contributed by atoms with Crippen LogP contribution in [0.1, 0.15) is 41.8 Å². The zero-order valence-corrected chi connectivity index (χ0v) is 20.2. The lowest BCUT2D eigenvalue weighted by molar-refractivity contribution is -0.145. The van der Waals surface area contributed by atoms with Crippen molar-refractivity contribution in [1.29, 1.82) is 0 Å². The van der Waals surface area contributed by atoms with Crippen LogP contribution >= 0.6 is 15.9 Å². The van der Waals surface area contributed by atoms with Crippen LogP contribution in [0.3, 0.4) is 0 Å². The highest BCUT2D eigenvalue weighted by Crippen LogP contribution is 2.60. The van der Waals surface area contributed by atoms with Gasteiger partial charge >= 0.3 is 5.97 Å². The molecule has 3 fully saturated rings. The third kappa shape index (κ3) is 3.66. The number of halogens is 1.